The quantitative estimate of drug-likeness (QED) is 0.553. The molecule has 0 saturated heterocycles. The van der Waals surface area contributed by atoms with Gasteiger partial charge in [0.05, 0.1) is 0 Å². The van der Waals surface area contributed by atoms with E-state index in [0.717, 1.165) is 32.9 Å². The number of nitrogens with zero attached hydrogens (tertiary/aromatic N) is 1. The molecule has 5 heteroatoms. The SMILES string of the molecule is O=C(CCSCCc1ccccn1)Nc1ccc(I)cc1. The Morgan fingerprint density at radius 3 is 2.67 bits per heavy atom. The fraction of sp³-hybridized carbons (Fsp3) is 0.250. The molecule has 1 aromatic carbocycles. The van der Waals surface area contributed by atoms with E-state index in [1.807, 2.05) is 48.7 Å². The molecule has 1 heterocycles. The van der Waals surface area contributed by atoms with Crippen molar-refractivity contribution < 1.29 is 4.79 Å². The van der Waals surface area contributed by atoms with Gasteiger partial charge in [0.15, 0.2) is 0 Å². The van der Waals surface area contributed by atoms with Crippen molar-refractivity contribution in [3.63, 3.8) is 0 Å². The summed E-state index contributed by atoms with van der Waals surface area (Å²) in [7, 11) is 0. The molecular weight excluding hydrogens is 395 g/mol. The monoisotopic (exact) mass is 412 g/mol. The fourth-order valence-electron chi connectivity index (χ4n) is 1.75. The van der Waals surface area contributed by atoms with E-state index in [-0.39, 0.29) is 5.91 Å². The Morgan fingerprint density at radius 1 is 1.14 bits per heavy atom. The second kappa shape index (κ2) is 9.04. The molecule has 0 aliphatic carbocycles. The number of nitrogens with one attached hydrogen (secondary N) is 1. The third-order valence-electron chi connectivity index (χ3n) is 2.83. The molecule has 1 N–H and O–H groups in total. The number of hydrogen-bond acceptors (Lipinski definition) is 3. The van der Waals surface area contributed by atoms with Crippen LogP contribution in [-0.2, 0) is 11.2 Å². The average Bonchev–Trinajstić information content (AvgIpc) is 2.50. The molecule has 0 atom stereocenters. The number of thioether (sulfide) groups is 1. The molecule has 0 aliphatic rings. The summed E-state index contributed by atoms with van der Waals surface area (Å²) in [5.74, 6) is 1.90. The number of rotatable bonds is 7. The van der Waals surface area contributed by atoms with Crippen LogP contribution in [-0.4, -0.2) is 22.4 Å². The van der Waals surface area contributed by atoms with Crippen molar-refractivity contribution in [2.45, 2.75) is 12.8 Å². The van der Waals surface area contributed by atoms with Gasteiger partial charge in [0, 0.05) is 33.3 Å². The summed E-state index contributed by atoms with van der Waals surface area (Å²) in [5, 5.41) is 2.91. The van der Waals surface area contributed by atoms with Crippen LogP contribution >= 0.6 is 34.4 Å². The second-order valence-electron chi connectivity index (χ2n) is 4.49. The predicted molar refractivity (Wildman–Crippen MR) is 97.7 cm³/mol. The Morgan fingerprint density at radius 2 is 1.95 bits per heavy atom. The van der Waals surface area contributed by atoms with E-state index in [0.29, 0.717) is 6.42 Å². The van der Waals surface area contributed by atoms with Crippen LogP contribution in [0.2, 0.25) is 0 Å². The van der Waals surface area contributed by atoms with Crippen LogP contribution in [0.5, 0.6) is 0 Å². The lowest BCUT2D eigenvalue weighted by atomic mass is 10.3. The summed E-state index contributed by atoms with van der Waals surface area (Å²) in [6.45, 7) is 0. The molecule has 0 aliphatic heterocycles. The standard InChI is InChI=1S/C16H17IN2OS/c17-13-4-6-15(7-5-13)19-16(20)9-12-21-11-8-14-3-1-2-10-18-14/h1-7,10H,8-9,11-12H2,(H,19,20). The molecule has 0 spiro atoms. The fourth-order valence-corrected chi connectivity index (χ4v) is 2.99. The molecule has 2 aromatic rings. The van der Waals surface area contributed by atoms with Gasteiger partial charge in [-0.25, -0.2) is 0 Å². The zero-order valence-electron chi connectivity index (χ0n) is 11.6. The summed E-state index contributed by atoms with van der Waals surface area (Å²) in [6.07, 6.45) is 3.30. The number of amides is 1. The lowest BCUT2D eigenvalue weighted by Crippen LogP contribution is -2.12. The van der Waals surface area contributed by atoms with E-state index in [1.54, 1.807) is 11.8 Å². The molecule has 3 nitrogen and oxygen atoms in total. The Bertz CT molecular complexity index is 560. The summed E-state index contributed by atoms with van der Waals surface area (Å²) in [5.41, 5.74) is 1.97. The highest BCUT2D eigenvalue weighted by Gasteiger charge is 2.02. The first-order valence-corrected chi connectivity index (χ1v) is 9.00. The van der Waals surface area contributed by atoms with Crippen molar-refractivity contribution in [2.75, 3.05) is 16.8 Å². The minimum atomic E-state index is 0.0709. The highest BCUT2D eigenvalue weighted by molar-refractivity contribution is 14.1. The molecular formula is C16H17IN2OS. The first-order chi connectivity index (χ1) is 10.2. The Labute approximate surface area is 143 Å². The van der Waals surface area contributed by atoms with E-state index in [4.69, 9.17) is 0 Å². The molecule has 0 unspecified atom stereocenters. The minimum absolute atomic E-state index is 0.0709. The van der Waals surface area contributed by atoms with Crippen LogP contribution < -0.4 is 5.32 Å². The molecule has 21 heavy (non-hydrogen) atoms. The lowest BCUT2D eigenvalue weighted by Gasteiger charge is -2.05. The van der Waals surface area contributed by atoms with Crippen LogP contribution in [0.3, 0.4) is 0 Å². The third kappa shape index (κ3) is 6.48. The lowest BCUT2D eigenvalue weighted by molar-refractivity contribution is -0.115. The summed E-state index contributed by atoms with van der Waals surface area (Å²) >= 11 is 4.03. The zero-order valence-corrected chi connectivity index (χ0v) is 14.6. The van der Waals surface area contributed by atoms with Crippen LogP contribution in [0.4, 0.5) is 5.69 Å². The van der Waals surface area contributed by atoms with Crippen molar-refractivity contribution in [3.8, 4) is 0 Å². The Hall–Kier alpha value is -1.08. The van der Waals surface area contributed by atoms with Gasteiger partial charge < -0.3 is 5.32 Å². The van der Waals surface area contributed by atoms with Crippen molar-refractivity contribution in [3.05, 3.63) is 57.9 Å². The summed E-state index contributed by atoms with van der Waals surface area (Å²) in [6, 6.07) is 13.8. The van der Waals surface area contributed by atoms with Crippen LogP contribution in [0.15, 0.2) is 48.7 Å². The maximum Gasteiger partial charge on any atom is 0.225 e. The molecule has 0 saturated carbocycles. The maximum absolute atomic E-state index is 11.8. The number of carbonyl (C=O) groups is 1. The van der Waals surface area contributed by atoms with E-state index >= 15 is 0 Å². The smallest absolute Gasteiger partial charge is 0.225 e. The van der Waals surface area contributed by atoms with Crippen LogP contribution in [0.25, 0.3) is 0 Å². The van der Waals surface area contributed by atoms with Crippen LogP contribution in [0, 0.1) is 3.57 Å². The largest absolute Gasteiger partial charge is 0.326 e. The number of aryl methyl sites for hydroxylation is 1. The van der Waals surface area contributed by atoms with Crippen LogP contribution in [0.1, 0.15) is 12.1 Å². The van der Waals surface area contributed by atoms with Gasteiger partial charge in [0.2, 0.25) is 5.91 Å². The summed E-state index contributed by atoms with van der Waals surface area (Å²) < 4.78 is 1.16. The van der Waals surface area contributed by atoms with Crippen molar-refractivity contribution >= 4 is 45.9 Å². The molecule has 0 bridgehead atoms. The predicted octanol–water partition coefficient (Wildman–Crippen LogP) is 3.99. The van der Waals surface area contributed by atoms with Gasteiger partial charge in [0.25, 0.3) is 0 Å². The Balaban J connectivity index is 1.60. The van der Waals surface area contributed by atoms with Gasteiger partial charge in [-0.15, -0.1) is 0 Å². The van der Waals surface area contributed by atoms with Gasteiger partial charge in [-0.1, -0.05) is 6.07 Å². The van der Waals surface area contributed by atoms with Gasteiger partial charge in [-0.05, 0) is 71.2 Å². The number of hydrogen-bond donors (Lipinski definition) is 1. The normalized spacial score (nSPS) is 10.3. The van der Waals surface area contributed by atoms with Crippen molar-refractivity contribution in [2.24, 2.45) is 0 Å². The average molecular weight is 412 g/mol. The van der Waals surface area contributed by atoms with Crippen molar-refractivity contribution in [1.29, 1.82) is 0 Å². The molecule has 1 amide bonds. The molecule has 1 aromatic heterocycles. The molecule has 0 radical (unpaired) electrons. The number of aromatic nitrogens is 1. The number of benzene rings is 1. The van der Waals surface area contributed by atoms with Gasteiger partial charge in [0.1, 0.15) is 0 Å². The highest BCUT2D eigenvalue weighted by Crippen LogP contribution is 2.12. The van der Waals surface area contributed by atoms with Gasteiger partial charge in [-0.2, -0.15) is 11.8 Å². The maximum atomic E-state index is 11.8. The minimum Gasteiger partial charge on any atom is -0.326 e. The van der Waals surface area contributed by atoms with E-state index < -0.39 is 0 Å². The summed E-state index contributed by atoms with van der Waals surface area (Å²) in [4.78, 5) is 16.1. The molecule has 110 valence electrons. The van der Waals surface area contributed by atoms with Crippen molar-refractivity contribution in [1.82, 2.24) is 4.98 Å². The topological polar surface area (TPSA) is 42.0 Å². The zero-order chi connectivity index (χ0) is 14.9. The first-order valence-electron chi connectivity index (χ1n) is 6.77. The number of pyridine rings is 1. The first kappa shape index (κ1) is 16.3. The molecule has 0 fully saturated rings. The van der Waals surface area contributed by atoms with E-state index in [9.17, 15) is 4.79 Å². The number of halogens is 1. The molecule has 2 rings (SSSR count). The number of anilines is 1. The van der Waals surface area contributed by atoms with E-state index in [2.05, 4.69) is 32.9 Å². The van der Waals surface area contributed by atoms with Gasteiger partial charge in [-0.3, -0.25) is 9.78 Å². The van der Waals surface area contributed by atoms with Gasteiger partial charge >= 0.3 is 0 Å². The number of carbonyl (C=O) groups excluding carboxylic acids is 1. The third-order valence-corrected chi connectivity index (χ3v) is 4.53. The van der Waals surface area contributed by atoms with E-state index in [1.165, 1.54) is 0 Å². The highest BCUT2D eigenvalue weighted by atomic mass is 127. The Kier molecular flexibility index (Phi) is 7.02. The second-order valence-corrected chi connectivity index (χ2v) is 6.96.